The first-order valence-electron chi connectivity index (χ1n) is 5.65. The predicted molar refractivity (Wildman–Crippen MR) is 67.2 cm³/mol. The van der Waals surface area contributed by atoms with Crippen LogP contribution in [0.4, 0.5) is 5.69 Å². The van der Waals surface area contributed by atoms with Crippen LogP contribution in [0.1, 0.15) is 0 Å². The van der Waals surface area contributed by atoms with Crippen LogP contribution < -0.4 is 5.73 Å². The van der Waals surface area contributed by atoms with Crippen molar-refractivity contribution in [2.45, 2.75) is 4.90 Å². The van der Waals surface area contributed by atoms with Crippen molar-refractivity contribution in [1.82, 2.24) is 9.88 Å². The third-order valence-electron chi connectivity index (χ3n) is 2.75. The Hall–Kier alpha value is -0.980. The fourth-order valence-corrected chi connectivity index (χ4v) is 2.92. The van der Waals surface area contributed by atoms with E-state index in [9.17, 15) is 4.21 Å². The number of anilines is 1. The Morgan fingerprint density at radius 2 is 2.24 bits per heavy atom. The van der Waals surface area contributed by atoms with Crippen LogP contribution in [0.15, 0.2) is 23.4 Å². The third kappa shape index (κ3) is 3.49. The highest BCUT2D eigenvalue weighted by Crippen LogP contribution is 2.14. The van der Waals surface area contributed by atoms with E-state index in [1.165, 1.54) is 0 Å². The molecule has 0 amide bonds. The van der Waals surface area contributed by atoms with E-state index in [4.69, 9.17) is 10.5 Å². The van der Waals surface area contributed by atoms with Crippen LogP contribution in [0, 0.1) is 0 Å². The molecule has 0 saturated carbocycles. The number of pyridine rings is 1. The summed E-state index contributed by atoms with van der Waals surface area (Å²) in [5.41, 5.74) is 6.25. The first-order valence-corrected chi connectivity index (χ1v) is 6.97. The number of morpholine rings is 1. The largest absolute Gasteiger partial charge is 0.396 e. The summed E-state index contributed by atoms with van der Waals surface area (Å²) in [5.74, 6) is 0.605. The van der Waals surface area contributed by atoms with Crippen molar-refractivity contribution in [3.05, 3.63) is 18.5 Å². The normalized spacial score (nSPS) is 19.1. The molecule has 94 valence electrons. The Morgan fingerprint density at radius 3 is 2.94 bits per heavy atom. The van der Waals surface area contributed by atoms with Gasteiger partial charge in [-0.2, -0.15) is 0 Å². The number of rotatable bonds is 4. The maximum absolute atomic E-state index is 12.1. The Labute approximate surface area is 103 Å². The summed E-state index contributed by atoms with van der Waals surface area (Å²) in [5, 5.41) is 0. The highest BCUT2D eigenvalue weighted by molar-refractivity contribution is 7.85. The van der Waals surface area contributed by atoms with E-state index in [-0.39, 0.29) is 0 Å². The standard InChI is InChI=1S/C11H17N3O2S/c12-10-9-13-2-1-11(10)17(15)8-5-14-3-6-16-7-4-14/h1-2,9H,3-8,12H2. The van der Waals surface area contributed by atoms with E-state index in [1.54, 1.807) is 18.5 Å². The van der Waals surface area contributed by atoms with E-state index in [1.807, 2.05) is 0 Å². The van der Waals surface area contributed by atoms with Gasteiger partial charge in [0, 0.05) is 31.6 Å². The number of nitrogens with zero attached hydrogens (tertiary/aromatic N) is 2. The minimum Gasteiger partial charge on any atom is -0.396 e. The Bertz CT molecular complexity index is 394. The van der Waals surface area contributed by atoms with Gasteiger partial charge in [-0.05, 0) is 6.07 Å². The van der Waals surface area contributed by atoms with Crippen LogP contribution in [0.2, 0.25) is 0 Å². The van der Waals surface area contributed by atoms with Gasteiger partial charge in [-0.1, -0.05) is 0 Å². The Balaban J connectivity index is 1.87. The maximum atomic E-state index is 12.1. The van der Waals surface area contributed by atoms with Crippen LogP contribution >= 0.6 is 0 Å². The van der Waals surface area contributed by atoms with E-state index in [0.29, 0.717) is 16.3 Å². The number of hydrogen-bond acceptors (Lipinski definition) is 5. The first-order chi connectivity index (χ1) is 8.27. The molecular weight excluding hydrogens is 238 g/mol. The summed E-state index contributed by atoms with van der Waals surface area (Å²) in [4.78, 5) is 6.84. The zero-order valence-corrected chi connectivity index (χ0v) is 10.5. The zero-order valence-electron chi connectivity index (χ0n) is 9.67. The van der Waals surface area contributed by atoms with Crippen LogP contribution in [0.3, 0.4) is 0 Å². The summed E-state index contributed by atoms with van der Waals surface area (Å²) < 4.78 is 17.3. The van der Waals surface area contributed by atoms with Gasteiger partial charge in [0.25, 0.3) is 0 Å². The lowest BCUT2D eigenvalue weighted by atomic mass is 10.4. The highest BCUT2D eigenvalue weighted by Gasteiger charge is 2.13. The highest BCUT2D eigenvalue weighted by atomic mass is 32.2. The number of nitrogens with two attached hydrogens (primary N) is 1. The second kappa shape index (κ2) is 6.09. The summed E-state index contributed by atoms with van der Waals surface area (Å²) in [6, 6.07) is 1.73. The summed E-state index contributed by atoms with van der Waals surface area (Å²) in [6.07, 6.45) is 3.17. The average molecular weight is 255 g/mol. The third-order valence-corrected chi connectivity index (χ3v) is 4.17. The number of hydrogen-bond donors (Lipinski definition) is 1. The summed E-state index contributed by atoms with van der Waals surface area (Å²) in [6.45, 7) is 4.19. The number of ether oxygens (including phenoxy) is 1. The second-order valence-corrected chi connectivity index (χ2v) is 5.46. The van der Waals surface area contributed by atoms with Gasteiger partial charge in [-0.25, -0.2) is 0 Å². The van der Waals surface area contributed by atoms with Crippen molar-refractivity contribution in [3.8, 4) is 0 Å². The molecule has 1 saturated heterocycles. The van der Waals surface area contributed by atoms with Crippen molar-refractivity contribution in [2.24, 2.45) is 0 Å². The van der Waals surface area contributed by atoms with Crippen molar-refractivity contribution in [3.63, 3.8) is 0 Å². The van der Waals surface area contributed by atoms with Crippen LogP contribution in [-0.4, -0.2) is 52.7 Å². The van der Waals surface area contributed by atoms with Crippen molar-refractivity contribution in [1.29, 1.82) is 0 Å². The lowest BCUT2D eigenvalue weighted by Gasteiger charge is -2.26. The number of aromatic nitrogens is 1. The SMILES string of the molecule is Nc1cnccc1S(=O)CCN1CCOCC1. The lowest BCUT2D eigenvalue weighted by molar-refractivity contribution is 0.0409. The molecule has 0 radical (unpaired) electrons. The fraction of sp³-hybridized carbons (Fsp3) is 0.545. The van der Waals surface area contributed by atoms with Gasteiger partial charge < -0.3 is 10.5 Å². The fourth-order valence-electron chi connectivity index (χ4n) is 1.75. The van der Waals surface area contributed by atoms with Gasteiger partial charge in [-0.15, -0.1) is 0 Å². The first kappa shape index (κ1) is 12.5. The lowest BCUT2D eigenvalue weighted by Crippen LogP contribution is -2.38. The molecule has 2 heterocycles. The minimum absolute atomic E-state index is 0.507. The molecule has 1 fully saturated rings. The number of nitrogen functional groups attached to an aromatic ring is 1. The molecule has 6 heteroatoms. The van der Waals surface area contributed by atoms with Crippen LogP contribution in [-0.2, 0) is 15.5 Å². The molecule has 17 heavy (non-hydrogen) atoms. The summed E-state index contributed by atoms with van der Waals surface area (Å²) >= 11 is 0. The molecule has 1 aromatic rings. The van der Waals surface area contributed by atoms with E-state index < -0.39 is 10.8 Å². The second-order valence-electron chi connectivity index (χ2n) is 3.92. The quantitative estimate of drug-likeness (QED) is 0.826. The molecule has 1 unspecified atom stereocenters. The maximum Gasteiger partial charge on any atom is 0.0664 e. The molecule has 1 aromatic heterocycles. The van der Waals surface area contributed by atoms with Gasteiger partial charge in [-0.3, -0.25) is 14.1 Å². The van der Waals surface area contributed by atoms with Crippen molar-refractivity contribution < 1.29 is 8.95 Å². The molecule has 0 spiro atoms. The smallest absolute Gasteiger partial charge is 0.0664 e. The van der Waals surface area contributed by atoms with E-state index >= 15 is 0 Å². The molecule has 0 aliphatic carbocycles. The van der Waals surface area contributed by atoms with Gasteiger partial charge in [0.05, 0.1) is 40.8 Å². The average Bonchev–Trinajstić information content (AvgIpc) is 2.38. The Morgan fingerprint density at radius 1 is 1.47 bits per heavy atom. The minimum atomic E-state index is -1.04. The summed E-state index contributed by atoms with van der Waals surface area (Å²) in [7, 11) is -1.04. The monoisotopic (exact) mass is 255 g/mol. The van der Waals surface area contributed by atoms with E-state index in [0.717, 1.165) is 32.8 Å². The van der Waals surface area contributed by atoms with Gasteiger partial charge in [0.15, 0.2) is 0 Å². The van der Waals surface area contributed by atoms with Crippen LogP contribution in [0.25, 0.3) is 0 Å². The molecule has 5 nitrogen and oxygen atoms in total. The topological polar surface area (TPSA) is 68.5 Å². The molecule has 0 bridgehead atoms. The van der Waals surface area contributed by atoms with E-state index in [2.05, 4.69) is 9.88 Å². The molecule has 1 aliphatic heterocycles. The Kier molecular flexibility index (Phi) is 4.47. The van der Waals surface area contributed by atoms with Crippen molar-refractivity contribution >= 4 is 16.5 Å². The molecular formula is C11H17N3O2S. The predicted octanol–water partition coefficient (Wildman–Crippen LogP) is 0.104. The molecule has 1 aliphatic rings. The molecule has 1 atom stereocenters. The zero-order chi connectivity index (χ0) is 12.1. The van der Waals surface area contributed by atoms with Crippen molar-refractivity contribution in [2.75, 3.05) is 44.3 Å². The van der Waals surface area contributed by atoms with Crippen LogP contribution in [0.5, 0.6) is 0 Å². The van der Waals surface area contributed by atoms with Gasteiger partial charge in [0.1, 0.15) is 0 Å². The molecule has 2 rings (SSSR count). The van der Waals surface area contributed by atoms with Gasteiger partial charge >= 0.3 is 0 Å². The molecule has 0 aromatic carbocycles. The molecule has 2 N–H and O–H groups in total. The van der Waals surface area contributed by atoms with Gasteiger partial charge in [0.2, 0.25) is 0 Å².